The van der Waals surface area contributed by atoms with Crippen molar-refractivity contribution in [2.45, 2.75) is 57.5 Å². The van der Waals surface area contributed by atoms with Crippen LogP contribution in [-0.2, 0) is 27.2 Å². The normalized spacial score (nSPS) is 30.8. The van der Waals surface area contributed by atoms with Gasteiger partial charge in [-0.2, -0.15) is 0 Å². The second kappa shape index (κ2) is 8.90. The molecule has 0 aliphatic carbocycles. The molecule has 5 atom stereocenters. The Hall–Kier alpha value is -1.84. The van der Waals surface area contributed by atoms with Gasteiger partial charge in [0.2, 0.25) is 0 Å². The molecule has 5 rings (SSSR count). The lowest BCUT2D eigenvalue weighted by molar-refractivity contribution is -0.296. The van der Waals surface area contributed by atoms with Crippen molar-refractivity contribution >= 4 is 0 Å². The minimum Gasteiger partial charge on any atom is -0.387 e. The van der Waals surface area contributed by atoms with Crippen LogP contribution in [0.25, 0.3) is 0 Å². The van der Waals surface area contributed by atoms with Gasteiger partial charge in [-0.1, -0.05) is 43.0 Å². The first-order valence-corrected chi connectivity index (χ1v) is 8.88. The summed E-state index contributed by atoms with van der Waals surface area (Å²) in [6.07, 6.45) is -0.928. The van der Waals surface area contributed by atoms with E-state index < -0.39 is 30.7 Å². The fourth-order valence-electron chi connectivity index (χ4n) is 3.37. The number of rotatable bonds is 4. The largest absolute Gasteiger partial charge is 0.387 e. The average molecular weight is 377 g/mol. The minimum absolute atomic E-state index is 0. The van der Waals surface area contributed by atoms with Gasteiger partial charge in [-0.05, 0) is 12.0 Å². The molecule has 1 aromatic carbocycles. The summed E-state index contributed by atoms with van der Waals surface area (Å²) in [5, 5.41) is 28.9. The summed E-state index contributed by atoms with van der Waals surface area (Å²) >= 11 is 0. The molecule has 3 fully saturated rings. The third-order valence-electron chi connectivity index (χ3n) is 4.70. The van der Waals surface area contributed by atoms with E-state index in [1.54, 1.807) is 4.68 Å². The van der Waals surface area contributed by atoms with Crippen molar-refractivity contribution in [1.29, 1.82) is 0 Å². The van der Waals surface area contributed by atoms with E-state index in [-0.39, 0.29) is 7.43 Å². The van der Waals surface area contributed by atoms with E-state index >= 15 is 0 Å². The van der Waals surface area contributed by atoms with E-state index in [2.05, 4.69) is 10.3 Å². The van der Waals surface area contributed by atoms with E-state index in [1.165, 1.54) is 0 Å². The van der Waals surface area contributed by atoms with Crippen molar-refractivity contribution in [1.82, 2.24) is 15.0 Å². The van der Waals surface area contributed by atoms with Gasteiger partial charge < -0.3 is 24.4 Å². The number of aliphatic hydroxyl groups is 2. The Kier molecular flexibility index (Phi) is 6.56. The molecule has 0 radical (unpaired) electrons. The van der Waals surface area contributed by atoms with Gasteiger partial charge in [0.05, 0.1) is 18.8 Å². The summed E-state index contributed by atoms with van der Waals surface area (Å²) in [4.78, 5) is 0. The van der Waals surface area contributed by atoms with Crippen molar-refractivity contribution < 1.29 is 24.4 Å². The first kappa shape index (κ1) is 19.9. The monoisotopic (exact) mass is 377 g/mol. The van der Waals surface area contributed by atoms with Gasteiger partial charge in [-0.15, -0.1) is 5.10 Å². The van der Waals surface area contributed by atoms with Crippen LogP contribution in [0, 0.1) is 0 Å². The van der Waals surface area contributed by atoms with Crippen LogP contribution in [0.15, 0.2) is 36.5 Å². The fourth-order valence-corrected chi connectivity index (χ4v) is 3.37. The number of hydrogen-bond donors (Lipinski definition) is 2. The predicted octanol–water partition coefficient (Wildman–Crippen LogP) is 0.757. The maximum absolute atomic E-state index is 10.4. The zero-order chi connectivity index (χ0) is 17.9. The molecule has 0 spiro atoms. The Balaban J connectivity index is 0.00000210. The standard InChI is InChI=1S/C18H23N3O5.CH4/c22-15-16(23)18-25-8-4-7-24-17(15)14(26-18)11-21-10-13(19-20-21)9-12-5-2-1-3-6-12;/h1-3,5-6,10,14-18,22-23H,4,7-9,11H2;1H4. The predicted molar refractivity (Wildman–Crippen MR) is 97.0 cm³/mol. The first-order valence-electron chi connectivity index (χ1n) is 8.88. The number of aliphatic hydroxyl groups excluding tert-OH is 2. The van der Waals surface area contributed by atoms with E-state index in [0.29, 0.717) is 32.6 Å². The zero-order valence-corrected chi connectivity index (χ0v) is 14.3. The quantitative estimate of drug-likeness (QED) is 0.811. The van der Waals surface area contributed by atoms with E-state index in [0.717, 1.165) is 11.3 Å². The highest BCUT2D eigenvalue weighted by Crippen LogP contribution is 2.27. The second-order valence-electron chi connectivity index (χ2n) is 6.68. The number of fused-ring (bicyclic) bond motifs is 6. The number of aromatic nitrogens is 3. The van der Waals surface area contributed by atoms with Crippen LogP contribution < -0.4 is 0 Å². The minimum atomic E-state index is -1.13. The molecule has 2 bridgehead atoms. The number of nitrogens with zero attached hydrogens (tertiary/aromatic N) is 3. The molecule has 27 heavy (non-hydrogen) atoms. The Morgan fingerprint density at radius 1 is 1.07 bits per heavy atom. The van der Waals surface area contributed by atoms with Crippen LogP contribution in [0.5, 0.6) is 0 Å². The van der Waals surface area contributed by atoms with E-state index in [1.807, 2.05) is 36.5 Å². The third-order valence-corrected chi connectivity index (χ3v) is 4.70. The maximum atomic E-state index is 10.4. The van der Waals surface area contributed by atoms with Crippen LogP contribution in [0.4, 0.5) is 0 Å². The summed E-state index contributed by atoms with van der Waals surface area (Å²) in [5.74, 6) is 0. The van der Waals surface area contributed by atoms with Gasteiger partial charge in [0.25, 0.3) is 0 Å². The van der Waals surface area contributed by atoms with Crippen LogP contribution in [0.3, 0.4) is 0 Å². The molecular weight excluding hydrogens is 350 g/mol. The highest BCUT2D eigenvalue weighted by molar-refractivity contribution is 5.19. The fraction of sp³-hybridized carbons (Fsp3) is 0.579. The van der Waals surface area contributed by atoms with Crippen molar-refractivity contribution in [2.75, 3.05) is 13.2 Å². The Morgan fingerprint density at radius 2 is 1.85 bits per heavy atom. The van der Waals surface area contributed by atoms with Gasteiger partial charge >= 0.3 is 0 Å². The maximum Gasteiger partial charge on any atom is 0.186 e. The summed E-state index contributed by atoms with van der Waals surface area (Å²) in [7, 11) is 0. The first-order chi connectivity index (χ1) is 12.7. The van der Waals surface area contributed by atoms with Crippen molar-refractivity contribution in [3.63, 3.8) is 0 Å². The Labute approximate surface area is 158 Å². The van der Waals surface area contributed by atoms with Gasteiger partial charge in [-0.3, -0.25) is 0 Å². The average Bonchev–Trinajstić information content (AvgIpc) is 3.13. The van der Waals surface area contributed by atoms with Crippen LogP contribution >= 0.6 is 0 Å². The summed E-state index contributed by atoms with van der Waals surface area (Å²) in [5.41, 5.74) is 2.01. The van der Waals surface area contributed by atoms with Crippen LogP contribution in [-0.4, -0.2) is 69.1 Å². The van der Waals surface area contributed by atoms with Crippen molar-refractivity contribution in [3.05, 3.63) is 47.8 Å². The zero-order valence-electron chi connectivity index (χ0n) is 14.3. The Morgan fingerprint density at radius 3 is 2.67 bits per heavy atom. The van der Waals surface area contributed by atoms with Gasteiger partial charge in [0, 0.05) is 19.2 Å². The van der Waals surface area contributed by atoms with E-state index in [4.69, 9.17) is 14.2 Å². The molecule has 4 heterocycles. The highest BCUT2D eigenvalue weighted by Gasteiger charge is 2.46. The molecule has 3 aliphatic rings. The summed E-state index contributed by atoms with van der Waals surface area (Å²) < 4.78 is 18.8. The Bertz CT molecular complexity index is 708. The summed E-state index contributed by atoms with van der Waals surface area (Å²) in [6.45, 7) is 1.21. The number of hydrogen-bond acceptors (Lipinski definition) is 7. The molecule has 2 N–H and O–H groups in total. The number of ether oxygens (including phenoxy) is 3. The molecule has 0 amide bonds. The molecule has 1 aromatic heterocycles. The van der Waals surface area contributed by atoms with Crippen molar-refractivity contribution in [3.8, 4) is 0 Å². The topological polar surface area (TPSA) is 98.9 Å². The number of benzene rings is 1. The SMILES string of the molecule is C.OC1C2OCCCOC(C(Cn3cc(Cc4ccccc4)nn3)O2)C1O. The van der Waals surface area contributed by atoms with Gasteiger partial charge in [0.15, 0.2) is 6.29 Å². The van der Waals surface area contributed by atoms with Crippen LogP contribution in [0.1, 0.15) is 25.1 Å². The molecule has 3 aliphatic heterocycles. The molecule has 3 saturated heterocycles. The smallest absolute Gasteiger partial charge is 0.186 e. The molecular formula is C19H27N3O5. The summed E-state index contributed by atoms with van der Waals surface area (Å²) in [6, 6.07) is 10.0. The molecule has 5 unspecified atom stereocenters. The second-order valence-corrected chi connectivity index (χ2v) is 6.68. The van der Waals surface area contributed by atoms with Crippen molar-refractivity contribution in [2.24, 2.45) is 0 Å². The lowest BCUT2D eigenvalue weighted by Gasteiger charge is -2.41. The molecule has 8 nitrogen and oxygen atoms in total. The third kappa shape index (κ3) is 4.53. The molecule has 8 heteroatoms. The van der Waals surface area contributed by atoms with E-state index in [9.17, 15) is 10.2 Å². The molecule has 2 aromatic rings. The lowest BCUT2D eigenvalue weighted by atomic mass is 9.98. The van der Waals surface area contributed by atoms with Gasteiger partial charge in [0.1, 0.15) is 24.4 Å². The van der Waals surface area contributed by atoms with Gasteiger partial charge in [-0.25, -0.2) is 4.68 Å². The highest BCUT2D eigenvalue weighted by atomic mass is 16.7. The molecule has 0 saturated carbocycles. The molecule has 148 valence electrons. The van der Waals surface area contributed by atoms with Crippen LogP contribution in [0.2, 0.25) is 0 Å². The lowest BCUT2D eigenvalue weighted by Crippen LogP contribution is -2.59.